The molecule has 222 valence electrons. The van der Waals surface area contributed by atoms with Gasteiger partial charge in [0, 0.05) is 38.5 Å². The van der Waals surface area contributed by atoms with Crippen LogP contribution < -0.4 is 20.1 Å². The van der Waals surface area contributed by atoms with Crippen molar-refractivity contribution in [2.45, 2.75) is 69.8 Å². The number of hydrogen-bond donors (Lipinski definition) is 2. The van der Waals surface area contributed by atoms with E-state index in [0.717, 1.165) is 31.5 Å². The summed E-state index contributed by atoms with van der Waals surface area (Å²) in [7, 11) is -3.71. The van der Waals surface area contributed by atoms with Gasteiger partial charge in [0.15, 0.2) is 5.82 Å². The third-order valence-corrected chi connectivity index (χ3v) is 10.9. The van der Waals surface area contributed by atoms with Gasteiger partial charge in [-0.05, 0) is 74.1 Å². The molecule has 2 N–H and O–H groups in total. The summed E-state index contributed by atoms with van der Waals surface area (Å²) in [5.74, 6) is -3.42. The number of nitrogens with one attached hydrogen (secondary N) is 1. The first-order valence-corrected chi connectivity index (χ1v) is 15.9. The molecule has 6 rings (SSSR count). The van der Waals surface area contributed by atoms with Gasteiger partial charge >= 0.3 is 0 Å². The van der Waals surface area contributed by atoms with Crippen LogP contribution in [0.5, 0.6) is 0 Å². The number of alkyl halides is 2. The van der Waals surface area contributed by atoms with Gasteiger partial charge in [0.25, 0.3) is 11.5 Å². The molecule has 1 aromatic carbocycles. The quantitative estimate of drug-likeness (QED) is 0.506. The Bertz CT molecular complexity index is 1500. The predicted octanol–water partition coefficient (Wildman–Crippen LogP) is 3.31. The molecule has 10 nitrogen and oxygen atoms in total. The lowest BCUT2D eigenvalue weighted by Crippen LogP contribution is -2.36. The normalized spacial score (nSPS) is 21.6. The molecular weight excluding hydrogens is 556 g/mol. The molecule has 0 bridgehead atoms. The van der Waals surface area contributed by atoms with Crippen molar-refractivity contribution in [3.8, 4) is 0 Å². The molecule has 0 unspecified atom stereocenters. The van der Waals surface area contributed by atoms with Crippen LogP contribution in [0.25, 0.3) is 0 Å². The molecular formula is C28H35F2N5O5S. The number of benzene rings is 1. The van der Waals surface area contributed by atoms with Gasteiger partial charge in [-0.3, -0.25) is 13.9 Å². The lowest BCUT2D eigenvalue weighted by molar-refractivity contribution is -0.0453. The van der Waals surface area contributed by atoms with E-state index in [0.29, 0.717) is 28.8 Å². The van der Waals surface area contributed by atoms with Crippen molar-refractivity contribution in [2.24, 2.45) is 5.41 Å². The van der Waals surface area contributed by atoms with Crippen molar-refractivity contribution in [2.75, 3.05) is 46.5 Å². The van der Waals surface area contributed by atoms with Crippen LogP contribution in [0.1, 0.15) is 73.3 Å². The van der Waals surface area contributed by atoms with E-state index in [1.54, 1.807) is 12.1 Å². The maximum atomic E-state index is 13.7. The van der Waals surface area contributed by atoms with E-state index < -0.39 is 40.1 Å². The van der Waals surface area contributed by atoms with E-state index in [1.165, 1.54) is 34.0 Å². The number of sulfonamides is 1. The Labute approximate surface area is 237 Å². The van der Waals surface area contributed by atoms with Gasteiger partial charge < -0.3 is 15.3 Å². The van der Waals surface area contributed by atoms with E-state index in [1.807, 2.05) is 0 Å². The molecule has 3 fully saturated rings. The van der Waals surface area contributed by atoms with Crippen LogP contribution in [0.3, 0.4) is 0 Å². The summed E-state index contributed by atoms with van der Waals surface area (Å²) < 4.78 is 55.6. The number of piperidine rings is 1. The fraction of sp³-hybridized carbons (Fsp3) is 0.607. The Balaban J connectivity index is 1.30. The number of carbonyl (C=O) groups is 1. The molecule has 41 heavy (non-hydrogen) atoms. The molecule has 1 spiro atoms. The van der Waals surface area contributed by atoms with Gasteiger partial charge in [0.05, 0.1) is 35.3 Å². The molecule has 13 heteroatoms. The van der Waals surface area contributed by atoms with Crippen molar-refractivity contribution in [3.05, 3.63) is 45.7 Å². The van der Waals surface area contributed by atoms with Gasteiger partial charge in [-0.15, -0.1) is 0 Å². The van der Waals surface area contributed by atoms with Gasteiger partial charge in [0.2, 0.25) is 15.9 Å². The third kappa shape index (κ3) is 5.57. The first kappa shape index (κ1) is 28.1. The Morgan fingerprint density at radius 2 is 1.73 bits per heavy atom. The second-order valence-electron chi connectivity index (χ2n) is 11.9. The summed E-state index contributed by atoms with van der Waals surface area (Å²) in [6, 6.07) is 5.72. The van der Waals surface area contributed by atoms with E-state index in [2.05, 4.69) is 15.3 Å². The molecule has 0 atom stereocenters. The lowest BCUT2D eigenvalue weighted by Gasteiger charge is -2.35. The third-order valence-electron chi connectivity index (χ3n) is 9.20. The zero-order valence-electron chi connectivity index (χ0n) is 22.8. The SMILES string of the molecule is O=C(Nc1ccc(=O)n(C2CCC(F)(F)CC2)n1)c1cc2c(cc1N1CCC3(CC1)CC3)N(S(=O)(=O)CCO)CC2. The summed E-state index contributed by atoms with van der Waals surface area (Å²) in [5.41, 5.74) is 2.24. The number of halogens is 2. The molecule has 2 aliphatic heterocycles. The van der Waals surface area contributed by atoms with Gasteiger partial charge in [0.1, 0.15) is 0 Å². The summed E-state index contributed by atoms with van der Waals surface area (Å²) in [5, 5.41) is 16.4. The van der Waals surface area contributed by atoms with Crippen LogP contribution in [-0.2, 0) is 16.4 Å². The molecule has 1 saturated heterocycles. The fourth-order valence-corrected chi connectivity index (χ4v) is 7.75. The Morgan fingerprint density at radius 3 is 2.39 bits per heavy atom. The topological polar surface area (TPSA) is 125 Å². The zero-order chi connectivity index (χ0) is 29.0. The number of carbonyl (C=O) groups excluding carboxylic acids is 1. The number of anilines is 3. The van der Waals surface area contributed by atoms with E-state index in [9.17, 15) is 31.9 Å². The van der Waals surface area contributed by atoms with Gasteiger partial charge in [-0.1, -0.05) is 0 Å². The molecule has 1 amide bonds. The van der Waals surface area contributed by atoms with E-state index in [4.69, 9.17) is 0 Å². The highest BCUT2D eigenvalue weighted by molar-refractivity contribution is 7.92. The lowest BCUT2D eigenvalue weighted by atomic mass is 9.92. The minimum Gasteiger partial charge on any atom is -0.395 e. The average Bonchev–Trinajstić information content (AvgIpc) is 3.54. The first-order valence-electron chi connectivity index (χ1n) is 14.3. The summed E-state index contributed by atoms with van der Waals surface area (Å²) in [6.45, 7) is 1.25. The van der Waals surface area contributed by atoms with Crippen molar-refractivity contribution in [1.82, 2.24) is 9.78 Å². The van der Waals surface area contributed by atoms with Crippen LogP contribution in [0.4, 0.5) is 26.0 Å². The van der Waals surface area contributed by atoms with Crippen LogP contribution in [0.2, 0.25) is 0 Å². The monoisotopic (exact) mass is 591 g/mol. The van der Waals surface area contributed by atoms with Gasteiger partial charge in [-0.2, -0.15) is 5.10 Å². The number of aliphatic hydroxyl groups excluding tert-OH is 1. The first-order chi connectivity index (χ1) is 19.5. The largest absolute Gasteiger partial charge is 0.395 e. The Kier molecular flexibility index (Phi) is 7.08. The smallest absolute Gasteiger partial charge is 0.267 e. The van der Waals surface area contributed by atoms with Crippen molar-refractivity contribution in [3.63, 3.8) is 0 Å². The Morgan fingerprint density at radius 1 is 1.02 bits per heavy atom. The van der Waals surface area contributed by atoms with Crippen LogP contribution in [0.15, 0.2) is 29.1 Å². The highest BCUT2D eigenvalue weighted by atomic mass is 32.2. The number of aromatic nitrogens is 2. The van der Waals surface area contributed by atoms with Crippen molar-refractivity contribution < 1.29 is 27.1 Å². The zero-order valence-corrected chi connectivity index (χ0v) is 23.6. The van der Waals surface area contributed by atoms with Crippen molar-refractivity contribution in [1.29, 1.82) is 0 Å². The molecule has 1 aromatic heterocycles. The van der Waals surface area contributed by atoms with Gasteiger partial charge in [-0.25, -0.2) is 21.9 Å². The average molecular weight is 592 g/mol. The standard InChI is InChI=1S/C28H35F2N5O5S/c29-28(30)6-3-20(4-7-28)35-25(37)2-1-24(32-35)31-26(38)21-17-19-5-12-34(41(39,40)16-15-36)22(19)18-23(21)33-13-10-27(8-9-27)11-14-33/h1-2,17-18,20,36H,3-16H2,(H,31,32,38). The summed E-state index contributed by atoms with van der Waals surface area (Å²) in [4.78, 5) is 28.4. The highest BCUT2D eigenvalue weighted by Gasteiger charge is 2.45. The second kappa shape index (κ2) is 10.3. The molecule has 4 aliphatic rings. The maximum absolute atomic E-state index is 13.7. The minimum atomic E-state index is -3.71. The molecule has 0 radical (unpaired) electrons. The molecule has 2 aromatic rings. The molecule has 3 heterocycles. The molecule has 2 aliphatic carbocycles. The Hall–Kier alpha value is -3.06. The van der Waals surface area contributed by atoms with Crippen LogP contribution in [0, 0.1) is 5.41 Å². The minimum absolute atomic E-state index is 0.123. The number of amides is 1. The number of rotatable bonds is 7. The van der Waals surface area contributed by atoms with E-state index in [-0.39, 0.29) is 43.8 Å². The predicted molar refractivity (Wildman–Crippen MR) is 150 cm³/mol. The van der Waals surface area contributed by atoms with E-state index >= 15 is 0 Å². The van der Waals surface area contributed by atoms with Crippen molar-refractivity contribution >= 4 is 33.1 Å². The van der Waals surface area contributed by atoms with Crippen LogP contribution >= 0.6 is 0 Å². The maximum Gasteiger partial charge on any atom is 0.267 e. The van der Waals surface area contributed by atoms with Crippen LogP contribution in [-0.4, -0.2) is 67.1 Å². The number of fused-ring (bicyclic) bond motifs is 1. The fourth-order valence-electron chi connectivity index (χ4n) is 6.46. The molecule has 2 saturated carbocycles. The highest BCUT2D eigenvalue weighted by Crippen LogP contribution is 2.54. The summed E-state index contributed by atoms with van der Waals surface area (Å²) in [6.07, 6.45) is 4.48. The number of aliphatic hydroxyl groups is 1. The second-order valence-corrected chi connectivity index (χ2v) is 13.9. The summed E-state index contributed by atoms with van der Waals surface area (Å²) >= 11 is 0. The number of hydrogen-bond acceptors (Lipinski definition) is 7. The number of nitrogens with zero attached hydrogens (tertiary/aromatic N) is 4.